The van der Waals surface area contributed by atoms with Gasteiger partial charge in [-0.25, -0.2) is 24.0 Å². The number of rotatable bonds is 3. The van der Waals surface area contributed by atoms with Crippen LogP contribution in [-0.2, 0) is 4.79 Å². The molecule has 0 saturated carbocycles. The van der Waals surface area contributed by atoms with E-state index in [2.05, 4.69) is 22.1 Å². The van der Waals surface area contributed by atoms with E-state index < -0.39 is 18.8 Å². The van der Waals surface area contributed by atoms with Crippen LogP contribution in [0.3, 0.4) is 0 Å². The van der Waals surface area contributed by atoms with E-state index in [9.17, 15) is 28.8 Å². The molecule has 0 radical (unpaired) electrons. The van der Waals surface area contributed by atoms with Gasteiger partial charge in [0.2, 0.25) is 0 Å². The highest BCUT2D eigenvalue weighted by molar-refractivity contribution is 5.56. The predicted molar refractivity (Wildman–Crippen MR) is 150 cm³/mol. The Labute approximate surface area is 242 Å². The van der Waals surface area contributed by atoms with Gasteiger partial charge in [0, 0.05) is 30.3 Å². The molecule has 5 aromatic rings. The van der Waals surface area contributed by atoms with Crippen LogP contribution in [0, 0.1) is 0 Å². The van der Waals surface area contributed by atoms with Crippen molar-refractivity contribution in [3.05, 3.63) is 174 Å². The summed E-state index contributed by atoms with van der Waals surface area (Å²) in [5.74, 6) is 0. The fraction of sp³-hybridized carbons (Fsp3) is 0.103. The fourth-order valence-corrected chi connectivity index (χ4v) is 1.82. The van der Waals surface area contributed by atoms with Gasteiger partial charge < -0.3 is 42.2 Å². The number of aldehydes is 1. The van der Waals surface area contributed by atoms with Gasteiger partial charge in [-0.3, -0.25) is 0 Å². The summed E-state index contributed by atoms with van der Waals surface area (Å²) < 4.78 is 21.9. The average Bonchev–Trinajstić information content (AvgIpc) is 3.04. The van der Waals surface area contributed by atoms with Crippen molar-refractivity contribution in [3.63, 3.8) is 0 Å². The SMILES string of the molecule is O=CC(O)C(O)CO.O=c1cccco1.O=c1cccco1.O=c1cccco1.O=c1cccco1.O=c1cccco1. The van der Waals surface area contributed by atoms with Crippen molar-refractivity contribution in [1.29, 1.82) is 0 Å². The molecule has 5 rings (SSSR count). The van der Waals surface area contributed by atoms with Crippen LogP contribution < -0.4 is 28.1 Å². The molecule has 0 amide bonds. The van der Waals surface area contributed by atoms with Gasteiger partial charge in [0.25, 0.3) is 0 Å². The lowest BCUT2D eigenvalue weighted by Gasteiger charge is -2.06. The fourth-order valence-electron chi connectivity index (χ4n) is 1.82. The van der Waals surface area contributed by atoms with Gasteiger partial charge in [-0.2, -0.15) is 0 Å². The minimum absolute atomic E-state index is 0.168. The third kappa shape index (κ3) is 23.9. The Bertz CT molecular complexity index is 1300. The summed E-state index contributed by atoms with van der Waals surface area (Å²) >= 11 is 0. The van der Waals surface area contributed by atoms with Crippen LogP contribution in [0.1, 0.15) is 0 Å². The Balaban J connectivity index is 0.000000492. The highest BCUT2D eigenvalue weighted by atomic mass is 16.4. The van der Waals surface area contributed by atoms with Crippen molar-refractivity contribution in [1.82, 2.24) is 0 Å². The molecule has 5 aromatic heterocycles. The Hall–Kier alpha value is -5.70. The molecule has 0 bridgehead atoms. The number of hydrogen-bond donors (Lipinski definition) is 3. The summed E-state index contributed by atoms with van der Waals surface area (Å²) in [5, 5.41) is 24.8. The topological polar surface area (TPSA) is 229 Å². The molecule has 14 nitrogen and oxygen atoms in total. The number of aliphatic hydroxyl groups is 3. The highest BCUT2D eigenvalue weighted by Crippen LogP contribution is 1.85. The molecule has 0 aliphatic heterocycles. The molecule has 3 N–H and O–H groups in total. The minimum atomic E-state index is -1.46. The van der Waals surface area contributed by atoms with Gasteiger partial charge in [0.1, 0.15) is 12.2 Å². The van der Waals surface area contributed by atoms with Crippen molar-refractivity contribution < 1.29 is 42.2 Å². The molecule has 228 valence electrons. The first kappa shape index (κ1) is 37.3. The largest absolute Gasteiger partial charge is 0.431 e. The summed E-state index contributed by atoms with van der Waals surface area (Å²) in [6, 6.07) is 23.2. The van der Waals surface area contributed by atoms with Gasteiger partial charge in [-0.1, -0.05) is 30.3 Å². The smallest absolute Gasteiger partial charge is 0.335 e. The molecule has 2 atom stereocenters. The maximum absolute atomic E-state index is 10.1. The quantitative estimate of drug-likeness (QED) is 0.246. The van der Waals surface area contributed by atoms with Crippen LogP contribution in [0.4, 0.5) is 0 Å². The summed E-state index contributed by atoms with van der Waals surface area (Å²) in [7, 11) is 0. The van der Waals surface area contributed by atoms with E-state index in [0.29, 0.717) is 0 Å². The van der Waals surface area contributed by atoms with Crippen molar-refractivity contribution in [2.75, 3.05) is 6.61 Å². The molecular formula is C29H28O14. The third-order valence-electron chi connectivity index (χ3n) is 3.75. The van der Waals surface area contributed by atoms with E-state index in [1.54, 1.807) is 60.7 Å². The van der Waals surface area contributed by atoms with Crippen molar-refractivity contribution >= 4 is 6.29 Å². The number of aliphatic hydroxyl groups excluding tert-OH is 3. The van der Waals surface area contributed by atoms with Gasteiger partial charge in [-0.05, 0) is 30.3 Å². The van der Waals surface area contributed by atoms with Crippen molar-refractivity contribution in [3.8, 4) is 0 Å². The number of hydrogen-bond acceptors (Lipinski definition) is 14. The molecule has 5 heterocycles. The zero-order valence-corrected chi connectivity index (χ0v) is 22.3. The lowest BCUT2D eigenvalue weighted by atomic mass is 10.2. The molecule has 0 aromatic carbocycles. The number of carbonyl (C=O) groups is 1. The van der Waals surface area contributed by atoms with Crippen LogP contribution in [0.25, 0.3) is 0 Å². The molecule has 0 spiro atoms. The van der Waals surface area contributed by atoms with Crippen LogP contribution >= 0.6 is 0 Å². The zero-order valence-electron chi connectivity index (χ0n) is 22.3. The standard InChI is InChI=1S/5C5H4O2.C4H8O4/c5*6-5-3-1-2-4-7-5;5-1-3(7)4(8)2-6/h5*1-4H;1,3-4,6-8H,2H2. The van der Waals surface area contributed by atoms with Crippen LogP contribution in [-0.4, -0.2) is 40.4 Å². The van der Waals surface area contributed by atoms with E-state index >= 15 is 0 Å². The van der Waals surface area contributed by atoms with Crippen LogP contribution in [0.15, 0.2) is 168 Å². The first-order valence-corrected chi connectivity index (χ1v) is 11.8. The third-order valence-corrected chi connectivity index (χ3v) is 3.75. The summed E-state index contributed by atoms with van der Waals surface area (Å²) in [6.45, 7) is -0.597. The molecule has 2 unspecified atom stereocenters. The monoisotopic (exact) mass is 600 g/mol. The number of carbonyl (C=O) groups excluding carboxylic acids is 1. The summed E-state index contributed by atoms with van der Waals surface area (Å²) in [5.41, 5.74) is -1.52. The second-order valence-electron chi connectivity index (χ2n) is 7.00. The predicted octanol–water partition coefficient (Wildman–Crippen LogP) is 1.10. The van der Waals surface area contributed by atoms with Crippen LogP contribution in [0.2, 0.25) is 0 Å². The van der Waals surface area contributed by atoms with E-state index in [1.165, 1.54) is 61.6 Å². The van der Waals surface area contributed by atoms with Gasteiger partial charge in [0.15, 0.2) is 6.29 Å². The first-order valence-electron chi connectivity index (χ1n) is 11.8. The van der Waals surface area contributed by atoms with E-state index in [4.69, 9.17) is 15.3 Å². The lowest BCUT2D eigenvalue weighted by molar-refractivity contribution is -0.121. The average molecular weight is 601 g/mol. The summed E-state index contributed by atoms with van der Waals surface area (Å²) in [6.07, 6.45) is 4.12. The second kappa shape index (κ2) is 25.3. The van der Waals surface area contributed by atoms with Gasteiger partial charge in [0.05, 0.1) is 37.9 Å². The molecule has 43 heavy (non-hydrogen) atoms. The Morgan fingerprint density at radius 2 is 0.721 bits per heavy atom. The Morgan fingerprint density at radius 3 is 0.791 bits per heavy atom. The molecule has 0 saturated heterocycles. The Morgan fingerprint density at radius 1 is 0.488 bits per heavy atom. The molecule has 0 aliphatic rings. The van der Waals surface area contributed by atoms with E-state index in [-0.39, 0.29) is 34.4 Å². The van der Waals surface area contributed by atoms with E-state index in [0.717, 1.165) is 0 Å². The molecular weight excluding hydrogens is 572 g/mol. The minimum Gasteiger partial charge on any atom is -0.431 e. The molecule has 0 aliphatic carbocycles. The maximum atomic E-state index is 10.1. The van der Waals surface area contributed by atoms with Crippen molar-refractivity contribution in [2.45, 2.75) is 12.2 Å². The maximum Gasteiger partial charge on any atom is 0.335 e. The molecule has 0 fully saturated rings. The normalized spacial score (nSPS) is 10.2. The highest BCUT2D eigenvalue weighted by Gasteiger charge is 2.12. The lowest BCUT2D eigenvalue weighted by Crippen LogP contribution is -2.30. The van der Waals surface area contributed by atoms with Crippen molar-refractivity contribution in [2.24, 2.45) is 0 Å². The summed E-state index contributed by atoms with van der Waals surface area (Å²) in [4.78, 5) is 60.1. The van der Waals surface area contributed by atoms with Crippen LogP contribution in [0.5, 0.6) is 0 Å². The van der Waals surface area contributed by atoms with Gasteiger partial charge in [-0.15, -0.1) is 0 Å². The first-order chi connectivity index (χ1) is 20.7. The Kier molecular flexibility index (Phi) is 21.9. The van der Waals surface area contributed by atoms with Gasteiger partial charge >= 0.3 is 28.1 Å². The molecule has 14 heteroatoms. The van der Waals surface area contributed by atoms with E-state index in [1.807, 2.05) is 0 Å². The second-order valence-corrected chi connectivity index (χ2v) is 7.00. The zero-order chi connectivity index (χ0) is 32.1.